The standard InChI is InChI=1S/C5H14NO.2ClH.K/c1-6(2,3)4-5-7;;;/h7H,4-5H2,1-3H3;2*1H;/q+1;;;+1/p-2. The van der Waals surface area contributed by atoms with Gasteiger partial charge in [-0.25, -0.2) is 0 Å². The number of likely N-dealkylation sites (N-methyl/N-ethyl adjacent to an activating group) is 1. The Balaban J connectivity index is -0.0000000600. The van der Waals surface area contributed by atoms with Gasteiger partial charge in [0.1, 0.15) is 6.54 Å². The second kappa shape index (κ2) is 11.1. The molecule has 0 aliphatic heterocycles. The molecule has 60 valence electrons. The molecule has 0 spiro atoms. The van der Waals surface area contributed by atoms with Crippen LogP contribution in [-0.4, -0.2) is 43.9 Å². The van der Waals surface area contributed by atoms with E-state index in [1.807, 2.05) is 0 Å². The van der Waals surface area contributed by atoms with E-state index >= 15 is 0 Å². The van der Waals surface area contributed by atoms with Crippen LogP contribution in [-0.2, 0) is 0 Å². The van der Waals surface area contributed by atoms with Crippen LogP contribution in [0, 0.1) is 0 Å². The second-order valence-electron chi connectivity index (χ2n) is 2.74. The van der Waals surface area contributed by atoms with Crippen molar-refractivity contribution in [3.05, 3.63) is 0 Å². The smallest absolute Gasteiger partial charge is 1.00 e. The molecule has 0 rings (SSSR count). The van der Waals surface area contributed by atoms with Crippen molar-refractivity contribution < 1.29 is 85.8 Å². The molecule has 5 heteroatoms. The van der Waals surface area contributed by atoms with Crippen molar-refractivity contribution in [2.75, 3.05) is 34.3 Å². The van der Waals surface area contributed by atoms with E-state index < -0.39 is 0 Å². The second-order valence-corrected chi connectivity index (χ2v) is 2.74. The van der Waals surface area contributed by atoms with Gasteiger partial charge < -0.3 is 34.4 Å². The van der Waals surface area contributed by atoms with Gasteiger partial charge in [-0.05, 0) is 0 Å². The van der Waals surface area contributed by atoms with Crippen LogP contribution in [0.25, 0.3) is 0 Å². The van der Waals surface area contributed by atoms with Gasteiger partial charge in [-0.3, -0.25) is 0 Å². The largest absolute Gasteiger partial charge is 1.00 e. The van der Waals surface area contributed by atoms with E-state index in [4.69, 9.17) is 5.11 Å². The molecule has 0 aromatic carbocycles. The van der Waals surface area contributed by atoms with Gasteiger partial charge in [0.05, 0.1) is 27.7 Å². The van der Waals surface area contributed by atoms with Gasteiger partial charge >= 0.3 is 51.4 Å². The maximum absolute atomic E-state index is 8.39. The predicted octanol–water partition coefficient (Wildman–Crippen LogP) is -9.30. The first-order valence-electron chi connectivity index (χ1n) is 2.47. The van der Waals surface area contributed by atoms with Crippen molar-refractivity contribution in [3.63, 3.8) is 0 Å². The van der Waals surface area contributed by atoms with E-state index in [0.717, 1.165) is 11.0 Å². The van der Waals surface area contributed by atoms with Crippen LogP contribution in [0.3, 0.4) is 0 Å². The molecule has 0 amide bonds. The topological polar surface area (TPSA) is 20.2 Å². The molecule has 0 saturated heterocycles. The number of halogens is 2. The number of quaternary nitrogens is 1. The Morgan fingerprint density at radius 1 is 1.10 bits per heavy atom. The molecule has 0 atom stereocenters. The first-order valence-corrected chi connectivity index (χ1v) is 2.47. The summed E-state index contributed by atoms with van der Waals surface area (Å²) in [6.45, 7) is 1.11. The minimum atomic E-state index is 0. The summed E-state index contributed by atoms with van der Waals surface area (Å²) in [6, 6.07) is 0. The van der Waals surface area contributed by atoms with Crippen molar-refractivity contribution in [2.24, 2.45) is 0 Å². The molecule has 10 heavy (non-hydrogen) atoms. The molecule has 0 aliphatic rings. The molecule has 0 aliphatic carbocycles. The summed E-state index contributed by atoms with van der Waals surface area (Å²) in [7, 11) is 6.16. The first-order chi connectivity index (χ1) is 3.06. The molecular weight excluding hydrogens is 200 g/mol. The van der Waals surface area contributed by atoms with Crippen LogP contribution in [0.1, 0.15) is 0 Å². The fourth-order valence-corrected chi connectivity index (χ4v) is 0.300. The molecule has 0 aromatic heterocycles. The molecule has 0 heterocycles. The SMILES string of the molecule is C[N+](C)(C)CCO.[Cl-].[Cl-].[K+]. The Kier molecular flexibility index (Phi) is 25.3. The van der Waals surface area contributed by atoms with Crippen molar-refractivity contribution in [1.29, 1.82) is 0 Å². The van der Waals surface area contributed by atoms with E-state index in [1.165, 1.54) is 0 Å². The monoisotopic (exact) mass is 213 g/mol. The molecular formula is C5H14Cl2KNO. The predicted molar refractivity (Wildman–Crippen MR) is 30.0 cm³/mol. The van der Waals surface area contributed by atoms with Crippen LogP contribution in [0.15, 0.2) is 0 Å². The maximum Gasteiger partial charge on any atom is 1.00 e. The molecule has 0 aromatic rings. The Labute approximate surface area is 118 Å². The summed E-state index contributed by atoms with van der Waals surface area (Å²) in [6.07, 6.45) is 0. The summed E-state index contributed by atoms with van der Waals surface area (Å²) in [5.74, 6) is 0. The number of hydrogen-bond donors (Lipinski definition) is 1. The molecule has 1 N–H and O–H groups in total. The summed E-state index contributed by atoms with van der Waals surface area (Å²) in [5, 5.41) is 8.39. The zero-order valence-electron chi connectivity index (χ0n) is 7.06. The van der Waals surface area contributed by atoms with E-state index in [9.17, 15) is 0 Å². The minimum absolute atomic E-state index is 0. The molecule has 0 fully saturated rings. The van der Waals surface area contributed by atoms with Crippen LogP contribution in [0.5, 0.6) is 0 Å². The average Bonchev–Trinajstić information content (AvgIpc) is 1.30. The average molecular weight is 214 g/mol. The quantitative estimate of drug-likeness (QED) is 0.357. The number of aliphatic hydroxyl groups is 1. The zero-order valence-corrected chi connectivity index (χ0v) is 11.7. The third kappa shape index (κ3) is 22.5. The van der Waals surface area contributed by atoms with Gasteiger partial charge in [-0.15, -0.1) is 0 Å². The first kappa shape index (κ1) is 22.7. The zero-order chi connectivity index (χ0) is 5.91. The molecule has 0 bridgehead atoms. The van der Waals surface area contributed by atoms with Crippen molar-refractivity contribution in [2.45, 2.75) is 0 Å². The Morgan fingerprint density at radius 3 is 1.40 bits per heavy atom. The summed E-state index contributed by atoms with van der Waals surface area (Å²) in [4.78, 5) is 0. The van der Waals surface area contributed by atoms with Gasteiger partial charge in [0.25, 0.3) is 0 Å². The molecule has 0 unspecified atom stereocenters. The summed E-state index contributed by atoms with van der Waals surface area (Å²) >= 11 is 0. The van der Waals surface area contributed by atoms with Crippen LogP contribution in [0.2, 0.25) is 0 Å². The van der Waals surface area contributed by atoms with E-state index in [1.54, 1.807) is 0 Å². The van der Waals surface area contributed by atoms with Gasteiger partial charge in [-0.1, -0.05) is 0 Å². The van der Waals surface area contributed by atoms with E-state index in [2.05, 4.69) is 21.1 Å². The molecule has 0 saturated carbocycles. The van der Waals surface area contributed by atoms with Crippen LogP contribution in [0.4, 0.5) is 0 Å². The molecule has 0 radical (unpaired) electrons. The number of nitrogens with zero attached hydrogens (tertiary/aromatic N) is 1. The van der Waals surface area contributed by atoms with Crippen molar-refractivity contribution in [3.8, 4) is 0 Å². The van der Waals surface area contributed by atoms with Crippen molar-refractivity contribution >= 4 is 0 Å². The normalized spacial score (nSPS) is 8.40. The summed E-state index contributed by atoms with van der Waals surface area (Å²) in [5.41, 5.74) is 0. The van der Waals surface area contributed by atoms with Crippen molar-refractivity contribution in [1.82, 2.24) is 0 Å². The third-order valence-corrected chi connectivity index (χ3v) is 0.771. The van der Waals surface area contributed by atoms with Crippen LogP contribution < -0.4 is 76.2 Å². The van der Waals surface area contributed by atoms with E-state index in [0.29, 0.717) is 0 Å². The third-order valence-electron chi connectivity index (χ3n) is 0.771. The van der Waals surface area contributed by atoms with Crippen LogP contribution >= 0.6 is 0 Å². The van der Waals surface area contributed by atoms with Gasteiger partial charge in [0, 0.05) is 0 Å². The Bertz CT molecular complexity index is 58.1. The Morgan fingerprint density at radius 2 is 1.40 bits per heavy atom. The summed E-state index contributed by atoms with van der Waals surface area (Å²) < 4.78 is 0.844. The number of aliphatic hydroxyl groups excluding tert-OH is 1. The van der Waals surface area contributed by atoms with Gasteiger partial charge in [0.15, 0.2) is 0 Å². The fraction of sp³-hybridized carbons (Fsp3) is 1.00. The number of hydrogen-bond acceptors (Lipinski definition) is 1. The minimum Gasteiger partial charge on any atom is -1.00 e. The van der Waals surface area contributed by atoms with Gasteiger partial charge in [0.2, 0.25) is 0 Å². The Hall–Kier alpha value is 2.14. The van der Waals surface area contributed by atoms with E-state index in [-0.39, 0.29) is 82.8 Å². The van der Waals surface area contributed by atoms with Gasteiger partial charge in [-0.2, -0.15) is 0 Å². The fourth-order valence-electron chi connectivity index (χ4n) is 0.300. The maximum atomic E-state index is 8.39. The molecule has 2 nitrogen and oxygen atoms in total. The number of rotatable bonds is 2.